The summed E-state index contributed by atoms with van der Waals surface area (Å²) in [7, 11) is 1.49. The molecule has 0 bridgehead atoms. The van der Waals surface area contributed by atoms with Crippen LogP contribution in [0.15, 0.2) is 89.5 Å². The number of carbonyl (C=O) groups excluding carboxylic acids is 3. The SMILES string of the molecule is COc1ccc(/C=C(/NC(=O)c2ccccc2)C(=O)Nc2cccc(SCC(=O)Nc3c(F)c(F)c(C(F)(F)F)c(F)c3F)c2)cc1. The lowest BCUT2D eigenvalue weighted by Gasteiger charge is -2.14. The number of thioether (sulfide) groups is 1. The molecule has 0 unspecified atom stereocenters. The van der Waals surface area contributed by atoms with Crippen LogP contribution < -0.4 is 20.7 Å². The molecule has 0 atom stereocenters. The number of methoxy groups -OCH3 is 1. The molecule has 4 aromatic carbocycles. The van der Waals surface area contributed by atoms with Gasteiger partial charge in [0.15, 0.2) is 23.3 Å². The van der Waals surface area contributed by atoms with Crippen molar-refractivity contribution >= 4 is 46.9 Å². The number of alkyl halides is 3. The number of hydrogen-bond acceptors (Lipinski definition) is 5. The van der Waals surface area contributed by atoms with Crippen molar-refractivity contribution < 1.29 is 49.9 Å². The molecule has 15 heteroatoms. The summed E-state index contributed by atoms with van der Waals surface area (Å²) in [4.78, 5) is 38.8. The number of amides is 3. The van der Waals surface area contributed by atoms with Crippen molar-refractivity contribution in [2.24, 2.45) is 0 Å². The van der Waals surface area contributed by atoms with Crippen LogP contribution in [0, 0.1) is 23.3 Å². The molecule has 47 heavy (non-hydrogen) atoms. The van der Waals surface area contributed by atoms with Crippen LogP contribution in [0.2, 0.25) is 0 Å². The maximum absolute atomic E-state index is 14.2. The fourth-order valence-corrected chi connectivity index (χ4v) is 4.74. The van der Waals surface area contributed by atoms with Crippen LogP contribution in [0.5, 0.6) is 5.75 Å². The first-order valence-electron chi connectivity index (χ1n) is 13.3. The van der Waals surface area contributed by atoms with Crippen LogP contribution in [0.4, 0.5) is 42.1 Å². The molecule has 0 aliphatic rings. The van der Waals surface area contributed by atoms with Gasteiger partial charge in [-0.15, -0.1) is 11.8 Å². The number of rotatable bonds is 10. The van der Waals surface area contributed by atoms with Crippen molar-refractivity contribution in [2.75, 3.05) is 23.5 Å². The van der Waals surface area contributed by atoms with Gasteiger partial charge in [0.25, 0.3) is 11.8 Å². The molecule has 0 aromatic heterocycles. The third kappa shape index (κ3) is 8.70. The summed E-state index contributed by atoms with van der Waals surface area (Å²) in [5.74, 6) is -12.8. The molecule has 0 aliphatic carbocycles. The molecule has 3 N–H and O–H groups in total. The normalized spacial score (nSPS) is 11.5. The molecule has 0 aliphatic heterocycles. The quantitative estimate of drug-likeness (QED) is 0.0704. The second kappa shape index (κ2) is 14.9. The Labute approximate surface area is 266 Å². The van der Waals surface area contributed by atoms with Gasteiger partial charge in [0.2, 0.25) is 5.91 Å². The van der Waals surface area contributed by atoms with Crippen LogP contribution in [0.1, 0.15) is 21.5 Å². The first-order valence-corrected chi connectivity index (χ1v) is 14.3. The summed E-state index contributed by atoms with van der Waals surface area (Å²) in [5.41, 5.74) is -3.55. The van der Waals surface area contributed by atoms with Crippen molar-refractivity contribution in [1.29, 1.82) is 0 Å². The predicted octanol–water partition coefficient (Wildman–Crippen LogP) is 7.41. The highest BCUT2D eigenvalue weighted by Crippen LogP contribution is 2.38. The lowest BCUT2D eigenvalue weighted by Crippen LogP contribution is -2.30. The molecule has 0 saturated carbocycles. The van der Waals surface area contributed by atoms with Gasteiger partial charge in [0, 0.05) is 16.1 Å². The molecule has 0 radical (unpaired) electrons. The van der Waals surface area contributed by atoms with Crippen LogP contribution in [0.3, 0.4) is 0 Å². The fraction of sp³-hybridized carbons (Fsp3) is 0.0938. The molecule has 4 aromatic rings. The summed E-state index contributed by atoms with van der Waals surface area (Å²) in [6.07, 6.45) is -4.29. The third-order valence-corrected chi connectivity index (χ3v) is 7.22. The fourth-order valence-electron chi connectivity index (χ4n) is 3.99. The summed E-state index contributed by atoms with van der Waals surface area (Å²) in [6.45, 7) is 0. The Hall–Kier alpha value is -5.31. The van der Waals surface area contributed by atoms with Gasteiger partial charge in [0.1, 0.15) is 22.7 Å². The molecule has 0 fully saturated rings. The highest BCUT2D eigenvalue weighted by Gasteiger charge is 2.42. The predicted molar refractivity (Wildman–Crippen MR) is 161 cm³/mol. The molecule has 3 amide bonds. The molecule has 0 spiro atoms. The highest BCUT2D eigenvalue weighted by atomic mass is 32.2. The van der Waals surface area contributed by atoms with E-state index in [-0.39, 0.29) is 11.4 Å². The minimum Gasteiger partial charge on any atom is -0.497 e. The van der Waals surface area contributed by atoms with E-state index in [4.69, 9.17) is 4.74 Å². The van der Waals surface area contributed by atoms with Crippen LogP contribution in [-0.2, 0) is 15.8 Å². The molecule has 244 valence electrons. The number of benzene rings is 4. The molecular weight excluding hydrogens is 655 g/mol. The van der Waals surface area contributed by atoms with Gasteiger partial charge >= 0.3 is 6.18 Å². The van der Waals surface area contributed by atoms with Crippen LogP contribution in [-0.4, -0.2) is 30.6 Å². The summed E-state index contributed by atoms with van der Waals surface area (Å²) in [5, 5.41) is 6.75. The average Bonchev–Trinajstić information content (AvgIpc) is 3.05. The zero-order valence-electron chi connectivity index (χ0n) is 24.0. The highest BCUT2D eigenvalue weighted by molar-refractivity contribution is 8.00. The monoisotopic (exact) mass is 677 g/mol. The number of nitrogens with one attached hydrogen (secondary N) is 3. The van der Waals surface area contributed by atoms with Crippen molar-refractivity contribution in [3.63, 3.8) is 0 Å². The number of halogens is 7. The third-order valence-electron chi connectivity index (χ3n) is 6.23. The van der Waals surface area contributed by atoms with Gasteiger partial charge in [-0.05, 0) is 54.1 Å². The second-order valence-corrected chi connectivity index (χ2v) is 10.5. The van der Waals surface area contributed by atoms with E-state index in [1.165, 1.54) is 37.5 Å². The molecular formula is C32H22F7N3O4S. The zero-order chi connectivity index (χ0) is 34.3. The molecule has 7 nitrogen and oxygen atoms in total. The van der Waals surface area contributed by atoms with E-state index in [0.29, 0.717) is 21.8 Å². The zero-order valence-corrected chi connectivity index (χ0v) is 24.8. The van der Waals surface area contributed by atoms with Crippen molar-refractivity contribution in [2.45, 2.75) is 11.1 Å². The molecule has 4 rings (SSSR count). The Morgan fingerprint density at radius 1 is 0.809 bits per heavy atom. The van der Waals surface area contributed by atoms with E-state index in [2.05, 4.69) is 10.6 Å². The van der Waals surface area contributed by atoms with E-state index < -0.39 is 64.2 Å². The maximum atomic E-state index is 14.2. The summed E-state index contributed by atoms with van der Waals surface area (Å²) in [6, 6.07) is 20.7. The van der Waals surface area contributed by atoms with E-state index >= 15 is 0 Å². The van der Waals surface area contributed by atoms with Gasteiger partial charge in [-0.2, -0.15) is 13.2 Å². The number of hydrogen-bond donors (Lipinski definition) is 3. The number of ether oxygens (including phenoxy) is 1. The smallest absolute Gasteiger partial charge is 0.422 e. The molecule has 0 heterocycles. The van der Waals surface area contributed by atoms with E-state index in [1.807, 2.05) is 0 Å². The van der Waals surface area contributed by atoms with Crippen LogP contribution in [0.25, 0.3) is 6.08 Å². The van der Waals surface area contributed by atoms with Gasteiger partial charge < -0.3 is 20.7 Å². The van der Waals surface area contributed by atoms with Crippen molar-refractivity contribution in [1.82, 2.24) is 5.32 Å². The van der Waals surface area contributed by atoms with E-state index in [1.54, 1.807) is 59.9 Å². The Kier molecular flexibility index (Phi) is 10.9. The van der Waals surface area contributed by atoms with Crippen molar-refractivity contribution in [3.05, 3.63) is 125 Å². The lowest BCUT2D eigenvalue weighted by molar-refractivity contribution is -0.143. The number of carbonyl (C=O) groups is 3. The standard InChI is InChI=1S/C32H22F7N3O4S/c1-46-20-12-10-17(11-13-20)14-22(41-30(44)18-6-3-2-4-7-18)31(45)40-19-8-5-9-21(15-19)47-16-23(43)42-29-27(35)25(33)24(32(37,38)39)26(34)28(29)36/h2-15H,16H2,1H3,(H,40,45)(H,41,44)(H,42,43)/b22-14+. The topological polar surface area (TPSA) is 96.5 Å². The minimum absolute atomic E-state index is 0.124. The largest absolute Gasteiger partial charge is 0.497 e. The average molecular weight is 678 g/mol. The van der Waals surface area contributed by atoms with Gasteiger partial charge in [-0.25, -0.2) is 17.6 Å². The Bertz CT molecular complexity index is 1800. The molecule has 0 saturated heterocycles. The Morgan fingerprint density at radius 3 is 2.04 bits per heavy atom. The van der Waals surface area contributed by atoms with Gasteiger partial charge in [-0.3, -0.25) is 14.4 Å². The van der Waals surface area contributed by atoms with E-state index in [0.717, 1.165) is 11.8 Å². The van der Waals surface area contributed by atoms with Gasteiger partial charge in [0.05, 0.1) is 12.9 Å². The lowest BCUT2D eigenvalue weighted by atomic mass is 10.1. The summed E-state index contributed by atoms with van der Waals surface area (Å²) >= 11 is 0.767. The van der Waals surface area contributed by atoms with E-state index in [9.17, 15) is 45.1 Å². The Balaban J connectivity index is 1.47. The van der Waals surface area contributed by atoms with Gasteiger partial charge in [-0.1, -0.05) is 36.4 Å². The first-order chi connectivity index (χ1) is 22.3. The maximum Gasteiger partial charge on any atom is 0.422 e. The summed E-state index contributed by atoms with van der Waals surface area (Å²) < 4.78 is 99.7. The van der Waals surface area contributed by atoms with Crippen LogP contribution >= 0.6 is 11.8 Å². The minimum atomic E-state index is -5.73. The first kappa shape index (κ1) is 34.6. The van der Waals surface area contributed by atoms with Crippen molar-refractivity contribution in [3.8, 4) is 5.75 Å². The number of anilines is 2. The second-order valence-electron chi connectivity index (χ2n) is 9.47. The Morgan fingerprint density at radius 2 is 1.45 bits per heavy atom.